The molecule has 17 heavy (non-hydrogen) atoms. The predicted molar refractivity (Wildman–Crippen MR) is 70.4 cm³/mol. The summed E-state index contributed by atoms with van der Waals surface area (Å²) in [5.41, 5.74) is 2.63. The summed E-state index contributed by atoms with van der Waals surface area (Å²) in [6, 6.07) is 8.43. The maximum Gasteiger partial charge on any atom is 0.102 e. The average Bonchev–Trinajstić information content (AvgIpc) is 2.32. The summed E-state index contributed by atoms with van der Waals surface area (Å²) in [6.45, 7) is 1.94. The van der Waals surface area contributed by atoms with Crippen molar-refractivity contribution >= 4 is 16.5 Å². The summed E-state index contributed by atoms with van der Waals surface area (Å²) in [6.07, 6.45) is 1.84. The summed E-state index contributed by atoms with van der Waals surface area (Å²) in [7, 11) is -0.635. The lowest BCUT2D eigenvalue weighted by atomic mass is 10.1. The molecule has 0 saturated carbocycles. The summed E-state index contributed by atoms with van der Waals surface area (Å²) in [4.78, 5) is 0. The molecule has 3 nitrogen and oxygen atoms in total. The minimum absolute atomic E-state index is 0.349. The van der Waals surface area contributed by atoms with E-state index in [1.807, 2.05) is 25.1 Å². The van der Waals surface area contributed by atoms with Crippen molar-refractivity contribution in [3.05, 3.63) is 29.3 Å². The zero-order valence-corrected chi connectivity index (χ0v) is 10.7. The van der Waals surface area contributed by atoms with Crippen molar-refractivity contribution in [3.8, 4) is 6.07 Å². The van der Waals surface area contributed by atoms with Crippen molar-refractivity contribution in [2.75, 3.05) is 16.8 Å². The van der Waals surface area contributed by atoms with Gasteiger partial charge in [0.25, 0.3) is 0 Å². The number of aryl methyl sites for hydroxylation is 1. The first-order chi connectivity index (χ1) is 8.20. The molecule has 1 N–H and O–H groups in total. The van der Waals surface area contributed by atoms with Crippen LogP contribution in [-0.2, 0) is 10.8 Å². The lowest BCUT2D eigenvalue weighted by Gasteiger charge is -2.24. The number of nitrogens with zero attached hydrogens (tertiary/aromatic N) is 1. The lowest BCUT2D eigenvalue weighted by Crippen LogP contribution is -2.29. The third-order valence-corrected chi connectivity index (χ3v) is 4.51. The van der Waals surface area contributed by atoms with Crippen LogP contribution in [0, 0.1) is 18.3 Å². The van der Waals surface area contributed by atoms with Crippen LogP contribution in [0.4, 0.5) is 5.69 Å². The molecule has 1 saturated heterocycles. The molecule has 0 unspecified atom stereocenters. The normalized spacial score (nSPS) is 24.0. The second-order valence-electron chi connectivity index (χ2n) is 4.38. The van der Waals surface area contributed by atoms with Crippen LogP contribution in [0.2, 0.25) is 0 Å². The highest BCUT2D eigenvalue weighted by atomic mass is 32.2. The van der Waals surface area contributed by atoms with Crippen molar-refractivity contribution in [1.29, 1.82) is 5.26 Å². The molecular formula is C13H16N2OS. The van der Waals surface area contributed by atoms with Gasteiger partial charge in [-0.25, -0.2) is 0 Å². The van der Waals surface area contributed by atoms with Crippen LogP contribution in [0.1, 0.15) is 24.0 Å². The van der Waals surface area contributed by atoms with E-state index in [0.29, 0.717) is 6.04 Å². The maximum atomic E-state index is 11.3. The molecule has 1 aromatic carbocycles. The van der Waals surface area contributed by atoms with E-state index in [4.69, 9.17) is 5.26 Å². The Bertz CT molecular complexity index is 469. The van der Waals surface area contributed by atoms with E-state index >= 15 is 0 Å². The monoisotopic (exact) mass is 248 g/mol. The van der Waals surface area contributed by atoms with Crippen molar-refractivity contribution in [2.45, 2.75) is 25.8 Å². The molecule has 1 fully saturated rings. The molecule has 4 heteroatoms. The van der Waals surface area contributed by atoms with Gasteiger partial charge < -0.3 is 5.32 Å². The third-order valence-electron chi connectivity index (χ3n) is 3.13. The van der Waals surface area contributed by atoms with E-state index in [0.717, 1.165) is 41.2 Å². The summed E-state index contributed by atoms with van der Waals surface area (Å²) in [5, 5.41) is 12.5. The highest BCUT2D eigenvalue weighted by Crippen LogP contribution is 2.22. The van der Waals surface area contributed by atoms with Crippen LogP contribution in [0.3, 0.4) is 0 Å². The van der Waals surface area contributed by atoms with Gasteiger partial charge in [-0.1, -0.05) is 12.1 Å². The molecule has 0 spiro atoms. The molecular weight excluding hydrogens is 232 g/mol. The molecule has 1 aromatic rings. The molecule has 0 amide bonds. The first-order valence-corrected chi connectivity index (χ1v) is 7.30. The standard InChI is InChI=1S/C13H16N2OS/c1-10-3-2-4-13(12(10)9-14)15-11-5-7-17(16)8-6-11/h2-4,11,15H,5-8H2,1H3. The van der Waals surface area contributed by atoms with E-state index in [-0.39, 0.29) is 0 Å². The van der Waals surface area contributed by atoms with Gasteiger partial charge >= 0.3 is 0 Å². The summed E-state index contributed by atoms with van der Waals surface area (Å²) >= 11 is 0. The van der Waals surface area contributed by atoms with Crippen molar-refractivity contribution in [2.24, 2.45) is 0 Å². The Labute approximate surface area is 104 Å². The highest BCUT2D eigenvalue weighted by molar-refractivity contribution is 7.85. The minimum Gasteiger partial charge on any atom is -0.381 e. The Morgan fingerprint density at radius 1 is 1.41 bits per heavy atom. The number of nitriles is 1. The number of nitrogens with one attached hydrogen (secondary N) is 1. The van der Waals surface area contributed by atoms with Gasteiger partial charge in [-0.3, -0.25) is 4.21 Å². The maximum absolute atomic E-state index is 11.3. The van der Waals surface area contributed by atoms with Gasteiger partial charge in [0.1, 0.15) is 6.07 Å². The first-order valence-electron chi connectivity index (χ1n) is 5.82. The summed E-state index contributed by atoms with van der Waals surface area (Å²) < 4.78 is 11.3. The van der Waals surface area contributed by atoms with Crippen LogP contribution in [0.5, 0.6) is 0 Å². The molecule has 0 atom stereocenters. The number of benzene rings is 1. The zero-order valence-electron chi connectivity index (χ0n) is 9.90. The lowest BCUT2D eigenvalue weighted by molar-refractivity contribution is 0.624. The molecule has 1 heterocycles. The van der Waals surface area contributed by atoms with Crippen LogP contribution < -0.4 is 5.32 Å². The molecule has 0 radical (unpaired) electrons. The number of hydrogen-bond donors (Lipinski definition) is 1. The van der Waals surface area contributed by atoms with E-state index in [9.17, 15) is 4.21 Å². The fourth-order valence-corrected chi connectivity index (χ4v) is 3.39. The van der Waals surface area contributed by atoms with Gasteiger partial charge in [-0.2, -0.15) is 5.26 Å². The molecule has 1 aliphatic heterocycles. The van der Waals surface area contributed by atoms with Crippen molar-refractivity contribution in [1.82, 2.24) is 0 Å². The van der Waals surface area contributed by atoms with Crippen LogP contribution in [0.25, 0.3) is 0 Å². The second-order valence-corrected chi connectivity index (χ2v) is 6.07. The van der Waals surface area contributed by atoms with Crippen LogP contribution in [-0.4, -0.2) is 21.8 Å². The van der Waals surface area contributed by atoms with E-state index in [1.165, 1.54) is 0 Å². The van der Waals surface area contributed by atoms with E-state index in [1.54, 1.807) is 0 Å². The number of rotatable bonds is 2. The van der Waals surface area contributed by atoms with E-state index in [2.05, 4.69) is 11.4 Å². The highest BCUT2D eigenvalue weighted by Gasteiger charge is 2.18. The molecule has 2 rings (SSSR count). The first kappa shape index (κ1) is 12.1. The number of hydrogen-bond acceptors (Lipinski definition) is 3. The van der Waals surface area contributed by atoms with Gasteiger partial charge in [-0.15, -0.1) is 0 Å². The topological polar surface area (TPSA) is 52.9 Å². The Hall–Kier alpha value is -1.34. The summed E-state index contributed by atoms with van der Waals surface area (Å²) in [5.74, 6) is 1.54. The Morgan fingerprint density at radius 2 is 2.12 bits per heavy atom. The smallest absolute Gasteiger partial charge is 0.102 e. The Balaban J connectivity index is 2.11. The molecule has 0 bridgehead atoms. The second kappa shape index (κ2) is 5.33. The Morgan fingerprint density at radius 3 is 2.76 bits per heavy atom. The quantitative estimate of drug-likeness (QED) is 0.873. The number of anilines is 1. The van der Waals surface area contributed by atoms with Crippen molar-refractivity contribution < 1.29 is 4.21 Å². The largest absolute Gasteiger partial charge is 0.381 e. The fourth-order valence-electron chi connectivity index (χ4n) is 2.09. The third kappa shape index (κ3) is 2.86. The van der Waals surface area contributed by atoms with Gasteiger partial charge in [0.05, 0.1) is 11.3 Å². The fraction of sp³-hybridized carbons (Fsp3) is 0.462. The van der Waals surface area contributed by atoms with Gasteiger partial charge in [-0.05, 0) is 31.4 Å². The zero-order chi connectivity index (χ0) is 12.3. The van der Waals surface area contributed by atoms with Gasteiger partial charge in [0.2, 0.25) is 0 Å². The molecule has 90 valence electrons. The molecule has 0 aromatic heterocycles. The molecule has 1 aliphatic rings. The van der Waals surface area contributed by atoms with Gasteiger partial charge in [0.15, 0.2) is 0 Å². The SMILES string of the molecule is Cc1cccc(NC2CCS(=O)CC2)c1C#N. The van der Waals surface area contributed by atoms with E-state index < -0.39 is 10.8 Å². The van der Waals surface area contributed by atoms with Crippen molar-refractivity contribution in [3.63, 3.8) is 0 Å². The predicted octanol–water partition coefficient (Wildman–Crippen LogP) is 2.19. The molecule has 0 aliphatic carbocycles. The minimum atomic E-state index is -0.635. The Kier molecular flexibility index (Phi) is 3.80. The average molecular weight is 248 g/mol. The van der Waals surface area contributed by atoms with Crippen LogP contribution in [0.15, 0.2) is 18.2 Å². The van der Waals surface area contributed by atoms with Gasteiger partial charge in [0, 0.05) is 28.3 Å². The van der Waals surface area contributed by atoms with Crippen LogP contribution >= 0.6 is 0 Å².